The van der Waals surface area contributed by atoms with Gasteiger partial charge in [-0.25, -0.2) is 0 Å². The van der Waals surface area contributed by atoms with Gasteiger partial charge in [0.15, 0.2) is 6.20 Å². The van der Waals surface area contributed by atoms with Gasteiger partial charge in [0.2, 0.25) is 11.2 Å². The highest BCUT2D eigenvalue weighted by Gasteiger charge is 2.80. The van der Waals surface area contributed by atoms with Gasteiger partial charge in [-0.15, -0.1) is 0 Å². The van der Waals surface area contributed by atoms with E-state index < -0.39 is 0 Å². The number of pyridine rings is 1. The topological polar surface area (TPSA) is 3.88 Å². The fourth-order valence-electron chi connectivity index (χ4n) is 5.94. The van der Waals surface area contributed by atoms with Gasteiger partial charge >= 0.3 is 0 Å². The zero-order chi connectivity index (χ0) is 18.5. The minimum atomic E-state index is 0.0676. The summed E-state index contributed by atoms with van der Waals surface area (Å²) in [5, 5.41) is 0. The summed E-state index contributed by atoms with van der Waals surface area (Å²) in [5.74, 6) is 0. The number of fused-ring (bicyclic) bond motifs is 6. The van der Waals surface area contributed by atoms with Crippen LogP contribution in [0.1, 0.15) is 69.6 Å². The standard InChI is InChI=1S/C25H32N/c1-6-9-10-13-20-16-17-26-23(18(20)4)21-14-11-12-15-22(21)24(7-2)19(5)25(24,26)8-3/h11-12,14-17H,5-10,13H2,1-4H3/q+1. The summed E-state index contributed by atoms with van der Waals surface area (Å²) in [7, 11) is 0. The van der Waals surface area contributed by atoms with Crippen LogP contribution in [0.3, 0.4) is 0 Å². The van der Waals surface area contributed by atoms with Gasteiger partial charge in [0.25, 0.3) is 0 Å². The maximum atomic E-state index is 4.59. The van der Waals surface area contributed by atoms with Crippen LogP contribution in [0.4, 0.5) is 0 Å². The summed E-state index contributed by atoms with van der Waals surface area (Å²) in [6.07, 6.45) is 9.67. The van der Waals surface area contributed by atoms with Crippen molar-refractivity contribution in [2.45, 2.75) is 77.2 Å². The number of unbranched alkanes of at least 4 members (excludes halogenated alkanes) is 2. The number of rotatable bonds is 6. The summed E-state index contributed by atoms with van der Waals surface area (Å²) in [6.45, 7) is 13.9. The van der Waals surface area contributed by atoms with Crippen molar-refractivity contribution in [3.63, 3.8) is 0 Å². The number of hydrogen-bond acceptors (Lipinski definition) is 0. The van der Waals surface area contributed by atoms with Crippen LogP contribution in [0.15, 0.2) is 48.7 Å². The third-order valence-corrected chi connectivity index (χ3v) is 7.31. The maximum Gasteiger partial charge on any atom is 0.216 e. The summed E-state index contributed by atoms with van der Waals surface area (Å²) < 4.78 is 2.58. The largest absolute Gasteiger partial charge is 0.216 e. The predicted molar refractivity (Wildman–Crippen MR) is 109 cm³/mol. The van der Waals surface area contributed by atoms with Gasteiger partial charge < -0.3 is 0 Å². The van der Waals surface area contributed by atoms with Crippen LogP contribution in [0.25, 0.3) is 11.3 Å². The Morgan fingerprint density at radius 3 is 2.46 bits per heavy atom. The van der Waals surface area contributed by atoms with E-state index in [1.807, 2.05) is 0 Å². The Morgan fingerprint density at radius 1 is 1.00 bits per heavy atom. The molecule has 0 bridgehead atoms. The SMILES string of the molecule is C=C1C2(CC)c3ccccc3-c3c(C)c(CCCCC)cc[n+]3C12CC. The zero-order valence-electron chi connectivity index (χ0n) is 16.9. The van der Waals surface area contributed by atoms with Crippen LogP contribution in [-0.2, 0) is 17.4 Å². The van der Waals surface area contributed by atoms with Gasteiger partial charge in [0.1, 0.15) is 0 Å². The molecule has 0 amide bonds. The number of nitrogens with zero attached hydrogens (tertiary/aromatic N) is 1. The lowest BCUT2D eigenvalue weighted by atomic mass is 9.78. The summed E-state index contributed by atoms with van der Waals surface area (Å²) in [4.78, 5) is 0. The summed E-state index contributed by atoms with van der Waals surface area (Å²) >= 11 is 0. The van der Waals surface area contributed by atoms with Crippen LogP contribution >= 0.6 is 0 Å². The fourth-order valence-corrected chi connectivity index (χ4v) is 5.94. The number of allylic oxidation sites excluding steroid dienone is 1. The normalized spacial score (nSPS) is 25.5. The molecule has 2 heterocycles. The smallest absolute Gasteiger partial charge is 0.187 e. The fraction of sp³-hybridized carbons (Fsp3) is 0.480. The molecule has 2 unspecified atom stereocenters. The van der Waals surface area contributed by atoms with Crippen molar-refractivity contribution in [3.8, 4) is 11.3 Å². The quantitative estimate of drug-likeness (QED) is 0.342. The third kappa shape index (κ3) is 1.89. The molecule has 0 N–H and O–H groups in total. The van der Waals surface area contributed by atoms with Gasteiger partial charge in [-0.2, -0.15) is 4.57 Å². The van der Waals surface area contributed by atoms with Gasteiger partial charge in [-0.05, 0) is 43.4 Å². The first-order chi connectivity index (χ1) is 12.6. The predicted octanol–water partition coefficient (Wildman–Crippen LogP) is 6.02. The molecule has 2 aliphatic rings. The first-order valence-corrected chi connectivity index (χ1v) is 10.4. The average molecular weight is 347 g/mol. The monoisotopic (exact) mass is 346 g/mol. The molecule has 1 saturated carbocycles. The van der Waals surface area contributed by atoms with E-state index in [1.54, 1.807) is 0 Å². The zero-order valence-corrected chi connectivity index (χ0v) is 16.9. The Morgan fingerprint density at radius 2 is 1.77 bits per heavy atom. The molecule has 2 atom stereocenters. The Kier molecular flexibility index (Phi) is 4.10. The van der Waals surface area contributed by atoms with E-state index in [0.717, 1.165) is 12.8 Å². The van der Waals surface area contributed by atoms with Crippen molar-refractivity contribution >= 4 is 0 Å². The van der Waals surface area contributed by atoms with E-state index in [4.69, 9.17) is 0 Å². The average Bonchev–Trinajstić information content (AvgIpc) is 3.24. The molecular weight excluding hydrogens is 314 g/mol. The lowest BCUT2D eigenvalue weighted by Gasteiger charge is -2.29. The van der Waals surface area contributed by atoms with Gasteiger partial charge in [-0.3, -0.25) is 0 Å². The second-order valence-electron chi connectivity index (χ2n) is 8.14. The first kappa shape index (κ1) is 17.5. The van der Waals surface area contributed by atoms with E-state index in [0.29, 0.717) is 0 Å². The molecule has 1 aromatic heterocycles. The lowest BCUT2D eigenvalue weighted by molar-refractivity contribution is -0.732. The van der Waals surface area contributed by atoms with Crippen LogP contribution in [-0.4, -0.2) is 0 Å². The number of aryl methyl sites for hydroxylation is 1. The highest BCUT2D eigenvalue weighted by molar-refractivity contribution is 5.76. The molecule has 1 aliphatic carbocycles. The maximum absolute atomic E-state index is 4.59. The molecule has 1 nitrogen and oxygen atoms in total. The van der Waals surface area contributed by atoms with Crippen molar-refractivity contribution in [1.29, 1.82) is 0 Å². The van der Waals surface area contributed by atoms with E-state index in [-0.39, 0.29) is 11.0 Å². The number of benzene rings is 1. The second-order valence-corrected chi connectivity index (χ2v) is 8.14. The van der Waals surface area contributed by atoms with Crippen molar-refractivity contribution in [3.05, 3.63) is 65.4 Å². The minimum absolute atomic E-state index is 0.0676. The van der Waals surface area contributed by atoms with Crippen LogP contribution in [0.5, 0.6) is 0 Å². The molecule has 4 rings (SSSR count). The van der Waals surface area contributed by atoms with E-state index in [1.165, 1.54) is 59.2 Å². The van der Waals surface area contributed by atoms with Crippen LogP contribution in [0, 0.1) is 6.92 Å². The summed E-state index contributed by atoms with van der Waals surface area (Å²) in [6, 6.07) is 11.5. The number of hydrogen-bond donors (Lipinski definition) is 0. The summed E-state index contributed by atoms with van der Waals surface area (Å²) in [5.41, 5.74) is 8.93. The molecule has 2 aromatic rings. The molecule has 1 aromatic carbocycles. The molecule has 0 radical (unpaired) electrons. The van der Waals surface area contributed by atoms with Gasteiger partial charge in [0.05, 0.1) is 11.0 Å². The molecule has 0 spiro atoms. The third-order valence-electron chi connectivity index (χ3n) is 7.31. The molecule has 26 heavy (non-hydrogen) atoms. The molecular formula is C25H32N+. The molecule has 136 valence electrons. The molecule has 0 saturated heterocycles. The van der Waals surface area contributed by atoms with E-state index >= 15 is 0 Å². The van der Waals surface area contributed by atoms with E-state index in [2.05, 4.69) is 75.4 Å². The van der Waals surface area contributed by atoms with Crippen molar-refractivity contribution in [2.75, 3.05) is 0 Å². The second kappa shape index (κ2) is 6.08. The highest BCUT2D eigenvalue weighted by Crippen LogP contribution is 2.71. The van der Waals surface area contributed by atoms with Crippen molar-refractivity contribution in [1.82, 2.24) is 0 Å². The highest BCUT2D eigenvalue weighted by atomic mass is 15.2. The first-order valence-electron chi connectivity index (χ1n) is 10.4. The minimum Gasteiger partial charge on any atom is -0.187 e. The Balaban J connectivity index is 1.95. The Bertz CT molecular complexity index is 878. The number of aromatic nitrogens is 1. The van der Waals surface area contributed by atoms with Crippen LogP contribution < -0.4 is 4.57 Å². The van der Waals surface area contributed by atoms with Crippen molar-refractivity contribution < 1.29 is 4.57 Å². The molecule has 1 fully saturated rings. The molecule has 1 aliphatic heterocycles. The Labute approximate surface area is 158 Å². The van der Waals surface area contributed by atoms with Gasteiger partial charge in [0, 0.05) is 23.6 Å². The Hall–Kier alpha value is -1.89. The lowest BCUT2D eigenvalue weighted by Crippen LogP contribution is -2.55. The van der Waals surface area contributed by atoms with E-state index in [9.17, 15) is 0 Å². The van der Waals surface area contributed by atoms with Gasteiger partial charge in [-0.1, -0.05) is 58.4 Å². The molecule has 1 heteroatoms. The van der Waals surface area contributed by atoms with Crippen LogP contribution in [0.2, 0.25) is 0 Å². The van der Waals surface area contributed by atoms with Crippen molar-refractivity contribution in [2.24, 2.45) is 0 Å².